The van der Waals surface area contributed by atoms with E-state index in [1.165, 1.54) is 98.0 Å². The first-order valence-electron chi connectivity index (χ1n) is 16.0. The topological polar surface area (TPSA) is 0 Å². The molecule has 0 aliphatic rings. The van der Waals surface area contributed by atoms with Gasteiger partial charge in [0.05, 0.1) is 0 Å². The molecule has 0 nitrogen and oxygen atoms in total. The fourth-order valence-corrected chi connectivity index (χ4v) is 8.05. The zero-order valence-corrected chi connectivity index (χ0v) is 25.2. The molecule has 10 aromatic rings. The second kappa shape index (κ2) is 9.76. The standard InChI is InChI=1S/C46H28/c1-3-13-29(14-4-1)31-18-11-19-33(27-31)42-36-21-9-10-22-37(36)44-40-26-25-34(30-15-5-2-6-16-30)41-28-32-17-7-8-20-35(32)43(46(40)41)39-24-12-23-38(42)45(39)44/h1-28H. The summed E-state index contributed by atoms with van der Waals surface area (Å²) in [4.78, 5) is 0. The molecule has 0 spiro atoms. The highest BCUT2D eigenvalue weighted by Gasteiger charge is 2.22. The van der Waals surface area contributed by atoms with Gasteiger partial charge in [-0.25, -0.2) is 0 Å². The fourth-order valence-electron chi connectivity index (χ4n) is 8.05. The Morgan fingerprint density at radius 3 is 1.59 bits per heavy atom. The average molecular weight is 581 g/mol. The lowest BCUT2D eigenvalue weighted by Gasteiger charge is -2.22. The molecule has 0 bridgehead atoms. The molecule has 212 valence electrons. The summed E-state index contributed by atoms with van der Waals surface area (Å²) in [7, 11) is 0. The zero-order valence-electron chi connectivity index (χ0n) is 25.2. The van der Waals surface area contributed by atoms with E-state index in [2.05, 4.69) is 170 Å². The summed E-state index contributed by atoms with van der Waals surface area (Å²) in [5.74, 6) is 0. The molecule has 0 heterocycles. The van der Waals surface area contributed by atoms with Gasteiger partial charge in [-0.1, -0.05) is 158 Å². The molecule has 0 saturated heterocycles. The van der Waals surface area contributed by atoms with Crippen LogP contribution >= 0.6 is 0 Å². The van der Waals surface area contributed by atoms with Crippen LogP contribution in [0.4, 0.5) is 0 Å². The molecule has 0 N–H and O–H groups in total. The van der Waals surface area contributed by atoms with E-state index < -0.39 is 0 Å². The Morgan fingerprint density at radius 1 is 0.239 bits per heavy atom. The molecule has 10 aromatic carbocycles. The van der Waals surface area contributed by atoms with Crippen LogP contribution in [0.1, 0.15) is 0 Å². The summed E-state index contributed by atoms with van der Waals surface area (Å²) < 4.78 is 0. The minimum absolute atomic E-state index is 1.23. The highest BCUT2D eigenvalue weighted by molar-refractivity contribution is 6.44. The van der Waals surface area contributed by atoms with Crippen LogP contribution in [0.5, 0.6) is 0 Å². The predicted molar refractivity (Wildman–Crippen MR) is 199 cm³/mol. The van der Waals surface area contributed by atoms with Crippen LogP contribution in [-0.2, 0) is 0 Å². The molecule has 0 unspecified atom stereocenters. The monoisotopic (exact) mass is 580 g/mol. The van der Waals surface area contributed by atoms with E-state index in [9.17, 15) is 0 Å². The maximum Gasteiger partial charge on any atom is -0.00134 e. The smallest absolute Gasteiger partial charge is 0.00134 e. The predicted octanol–water partition coefficient (Wildman–Crippen LogP) is 13.0. The number of fused-ring (bicyclic) bond motifs is 6. The Morgan fingerprint density at radius 2 is 0.761 bits per heavy atom. The largest absolute Gasteiger partial charge is 0.0622 e. The normalized spacial score (nSPS) is 11.9. The molecule has 46 heavy (non-hydrogen) atoms. The van der Waals surface area contributed by atoms with Crippen molar-refractivity contribution in [2.75, 3.05) is 0 Å². The Balaban J connectivity index is 1.43. The Hall–Kier alpha value is -5.98. The molecule has 0 radical (unpaired) electrons. The van der Waals surface area contributed by atoms with E-state index in [-0.39, 0.29) is 0 Å². The molecule has 0 fully saturated rings. The van der Waals surface area contributed by atoms with Crippen LogP contribution in [0.3, 0.4) is 0 Å². The third-order valence-corrected chi connectivity index (χ3v) is 9.96. The van der Waals surface area contributed by atoms with Crippen molar-refractivity contribution < 1.29 is 0 Å². The van der Waals surface area contributed by atoms with E-state index >= 15 is 0 Å². The number of hydrogen-bond acceptors (Lipinski definition) is 0. The summed E-state index contributed by atoms with van der Waals surface area (Å²) in [6, 6.07) is 62.7. The van der Waals surface area contributed by atoms with Gasteiger partial charge >= 0.3 is 0 Å². The first-order chi connectivity index (χ1) is 22.8. The summed E-state index contributed by atoms with van der Waals surface area (Å²) in [6.07, 6.45) is 0. The number of benzene rings is 10. The molecule has 0 aliphatic carbocycles. The molecule has 0 atom stereocenters. The highest BCUT2D eigenvalue weighted by atomic mass is 14.2. The van der Waals surface area contributed by atoms with Crippen molar-refractivity contribution in [2.45, 2.75) is 0 Å². The van der Waals surface area contributed by atoms with Gasteiger partial charge in [0.15, 0.2) is 0 Å². The number of rotatable bonds is 3. The van der Waals surface area contributed by atoms with E-state index in [4.69, 9.17) is 0 Å². The van der Waals surface area contributed by atoms with Crippen molar-refractivity contribution in [2.24, 2.45) is 0 Å². The Labute approximate surface area is 267 Å². The third-order valence-electron chi connectivity index (χ3n) is 9.96. The van der Waals surface area contributed by atoms with Gasteiger partial charge in [0, 0.05) is 0 Å². The van der Waals surface area contributed by atoms with Crippen LogP contribution in [0, 0.1) is 0 Å². The van der Waals surface area contributed by atoms with Crippen molar-refractivity contribution in [3.8, 4) is 33.4 Å². The minimum atomic E-state index is 1.23. The summed E-state index contributed by atoms with van der Waals surface area (Å²) in [6.45, 7) is 0. The van der Waals surface area contributed by atoms with Gasteiger partial charge in [-0.2, -0.15) is 0 Å². The Bertz CT molecular complexity index is 2770. The molecule has 0 amide bonds. The van der Waals surface area contributed by atoms with Gasteiger partial charge in [0.2, 0.25) is 0 Å². The number of hydrogen-bond donors (Lipinski definition) is 0. The minimum Gasteiger partial charge on any atom is -0.0622 e. The van der Waals surface area contributed by atoms with Crippen molar-refractivity contribution in [1.29, 1.82) is 0 Å². The van der Waals surface area contributed by atoms with Gasteiger partial charge < -0.3 is 0 Å². The van der Waals surface area contributed by atoms with Crippen molar-refractivity contribution in [3.63, 3.8) is 0 Å². The fraction of sp³-hybridized carbons (Fsp3) is 0. The molecule has 0 aromatic heterocycles. The maximum absolute atomic E-state index is 2.41. The van der Waals surface area contributed by atoms with Gasteiger partial charge in [-0.05, 0) is 110 Å². The molecule has 10 rings (SSSR count). The molecule has 0 saturated carbocycles. The molecule has 0 heteroatoms. The van der Waals surface area contributed by atoms with Crippen LogP contribution in [0.2, 0.25) is 0 Å². The maximum atomic E-state index is 2.41. The molecule has 0 aliphatic heterocycles. The van der Waals surface area contributed by atoms with Crippen LogP contribution in [-0.4, -0.2) is 0 Å². The summed E-state index contributed by atoms with van der Waals surface area (Å²) >= 11 is 0. The van der Waals surface area contributed by atoms with Crippen LogP contribution in [0.15, 0.2) is 170 Å². The lowest BCUT2D eigenvalue weighted by atomic mass is 9.81. The van der Waals surface area contributed by atoms with Gasteiger partial charge in [0.25, 0.3) is 0 Å². The SMILES string of the molecule is c1ccc(-c2cccc(-c3c4ccccc4c4c5ccc(-c6ccccc6)c6cc7ccccc7c(c7cccc3c74)c65)c2)cc1. The van der Waals surface area contributed by atoms with Gasteiger partial charge in [-0.3, -0.25) is 0 Å². The summed E-state index contributed by atoms with van der Waals surface area (Å²) in [5.41, 5.74) is 7.54. The highest BCUT2D eigenvalue weighted by Crippen LogP contribution is 2.50. The summed E-state index contributed by atoms with van der Waals surface area (Å²) in [5, 5.41) is 15.8. The molecular weight excluding hydrogens is 553 g/mol. The van der Waals surface area contributed by atoms with E-state index in [0.29, 0.717) is 0 Å². The lowest BCUT2D eigenvalue weighted by molar-refractivity contribution is 1.61. The zero-order chi connectivity index (χ0) is 30.2. The van der Waals surface area contributed by atoms with Crippen molar-refractivity contribution in [1.82, 2.24) is 0 Å². The second-order valence-electron chi connectivity index (χ2n) is 12.4. The van der Waals surface area contributed by atoms with Gasteiger partial charge in [-0.15, -0.1) is 0 Å². The quantitative estimate of drug-likeness (QED) is 0.144. The van der Waals surface area contributed by atoms with Crippen LogP contribution in [0.25, 0.3) is 98.0 Å². The van der Waals surface area contributed by atoms with Crippen molar-refractivity contribution in [3.05, 3.63) is 170 Å². The first kappa shape index (κ1) is 25.4. The van der Waals surface area contributed by atoms with E-state index in [0.717, 1.165) is 0 Å². The Kier molecular flexibility index (Phi) is 5.38. The van der Waals surface area contributed by atoms with Gasteiger partial charge in [0.1, 0.15) is 0 Å². The van der Waals surface area contributed by atoms with E-state index in [1.807, 2.05) is 0 Å². The third kappa shape index (κ3) is 3.56. The van der Waals surface area contributed by atoms with E-state index in [1.54, 1.807) is 0 Å². The van der Waals surface area contributed by atoms with Crippen LogP contribution < -0.4 is 0 Å². The molecular formula is C46H28. The second-order valence-corrected chi connectivity index (χ2v) is 12.4. The average Bonchev–Trinajstić information content (AvgIpc) is 3.13. The first-order valence-corrected chi connectivity index (χ1v) is 16.0. The lowest BCUT2D eigenvalue weighted by Crippen LogP contribution is -1.94. The van der Waals surface area contributed by atoms with Crippen molar-refractivity contribution >= 4 is 64.6 Å².